The average molecular weight is 328 g/mol. The molecular weight excluding hydrogens is 321 g/mol. The lowest BCUT2D eigenvalue weighted by molar-refractivity contribution is 0.475. The molecule has 1 heterocycles. The highest BCUT2D eigenvalue weighted by Gasteiger charge is 2.18. The van der Waals surface area contributed by atoms with Crippen molar-refractivity contribution in [2.45, 2.75) is 5.16 Å². The summed E-state index contributed by atoms with van der Waals surface area (Å²) in [6, 6.07) is 4.58. The second-order valence-corrected chi connectivity index (χ2v) is 5.22. The van der Waals surface area contributed by atoms with Crippen molar-refractivity contribution in [2.24, 2.45) is 0 Å². The quantitative estimate of drug-likeness (QED) is 0.653. The number of aromatic amines is 1. The first-order chi connectivity index (χ1) is 9.49. The molecule has 0 saturated heterocycles. The number of halogens is 2. The summed E-state index contributed by atoms with van der Waals surface area (Å²) < 4.78 is 0. The Balaban J connectivity index is 2.82. The third-order valence-electron chi connectivity index (χ3n) is 2.52. The van der Waals surface area contributed by atoms with Crippen LogP contribution in [0.1, 0.15) is 5.56 Å². The SMILES string of the molecule is CSc1nc(-c2ccc(O)c(Cl)c2Cl)c(C#N)c(=O)[nH]1. The van der Waals surface area contributed by atoms with Gasteiger partial charge in [-0.25, -0.2) is 4.98 Å². The van der Waals surface area contributed by atoms with E-state index in [0.717, 1.165) is 0 Å². The van der Waals surface area contributed by atoms with Gasteiger partial charge in [-0.3, -0.25) is 4.79 Å². The van der Waals surface area contributed by atoms with Crippen LogP contribution in [0.2, 0.25) is 10.0 Å². The Labute approximate surface area is 128 Å². The predicted molar refractivity (Wildman–Crippen MR) is 78.5 cm³/mol. The highest BCUT2D eigenvalue weighted by Crippen LogP contribution is 2.38. The van der Waals surface area contributed by atoms with Gasteiger partial charge >= 0.3 is 0 Å². The van der Waals surface area contributed by atoms with Gasteiger partial charge in [0.1, 0.15) is 22.4 Å². The number of nitrogens with one attached hydrogen (secondary N) is 1. The molecule has 0 aliphatic heterocycles. The van der Waals surface area contributed by atoms with E-state index >= 15 is 0 Å². The number of nitrogens with zero attached hydrogens (tertiary/aromatic N) is 2. The van der Waals surface area contributed by atoms with Gasteiger partial charge < -0.3 is 10.1 Å². The Hall–Kier alpha value is -1.68. The lowest BCUT2D eigenvalue weighted by atomic mass is 10.1. The summed E-state index contributed by atoms with van der Waals surface area (Å²) in [4.78, 5) is 18.5. The van der Waals surface area contributed by atoms with Gasteiger partial charge in [-0.2, -0.15) is 5.26 Å². The molecule has 1 aromatic carbocycles. The van der Waals surface area contributed by atoms with Crippen LogP contribution in [0.15, 0.2) is 22.1 Å². The number of phenolic OH excluding ortho intramolecular Hbond substituents is 1. The van der Waals surface area contributed by atoms with Crippen molar-refractivity contribution in [3.63, 3.8) is 0 Å². The van der Waals surface area contributed by atoms with Crippen molar-refractivity contribution >= 4 is 35.0 Å². The maximum Gasteiger partial charge on any atom is 0.270 e. The Bertz CT molecular complexity index is 783. The molecule has 1 aromatic heterocycles. The van der Waals surface area contributed by atoms with Gasteiger partial charge in [-0.1, -0.05) is 35.0 Å². The summed E-state index contributed by atoms with van der Waals surface area (Å²) in [5.74, 6) is -0.186. The van der Waals surface area contributed by atoms with Crippen LogP contribution in [-0.2, 0) is 0 Å². The Morgan fingerprint density at radius 3 is 2.70 bits per heavy atom. The zero-order valence-electron chi connectivity index (χ0n) is 10.1. The maximum atomic E-state index is 11.8. The Morgan fingerprint density at radius 1 is 1.40 bits per heavy atom. The minimum atomic E-state index is -0.554. The Morgan fingerprint density at radius 2 is 2.10 bits per heavy atom. The zero-order valence-corrected chi connectivity index (χ0v) is 12.4. The number of H-pyrrole nitrogens is 1. The number of benzene rings is 1. The molecule has 2 aromatic rings. The molecule has 0 atom stereocenters. The van der Waals surface area contributed by atoms with Crippen LogP contribution in [0, 0.1) is 11.3 Å². The van der Waals surface area contributed by atoms with E-state index in [4.69, 9.17) is 28.5 Å². The van der Waals surface area contributed by atoms with Crippen LogP contribution in [0.25, 0.3) is 11.3 Å². The van der Waals surface area contributed by atoms with E-state index in [2.05, 4.69) is 9.97 Å². The number of hydrogen-bond donors (Lipinski definition) is 2. The van der Waals surface area contributed by atoms with Gasteiger partial charge in [0.15, 0.2) is 5.16 Å². The molecule has 0 amide bonds. The maximum absolute atomic E-state index is 11.8. The van der Waals surface area contributed by atoms with Crippen LogP contribution in [-0.4, -0.2) is 21.3 Å². The van der Waals surface area contributed by atoms with Gasteiger partial charge in [0, 0.05) is 5.56 Å². The summed E-state index contributed by atoms with van der Waals surface area (Å²) in [7, 11) is 0. The number of nitriles is 1. The van der Waals surface area contributed by atoms with Gasteiger partial charge in [-0.15, -0.1) is 0 Å². The molecule has 2 N–H and O–H groups in total. The first kappa shape index (κ1) is 14.7. The van der Waals surface area contributed by atoms with Crippen LogP contribution >= 0.6 is 35.0 Å². The molecule has 0 radical (unpaired) electrons. The first-order valence-corrected chi connectivity index (χ1v) is 7.23. The average Bonchev–Trinajstić information content (AvgIpc) is 2.44. The number of aromatic nitrogens is 2. The van der Waals surface area contributed by atoms with Crippen molar-refractivity contribution < 1.29 is 5.11 Å². The van der Waals surface area contributed by atoms with Crippen molar-refractivity contribution in [3.05, 3.63) is 38.1 Å². The number of hydrogen-bond acceptors (Lipinski definition) is 5. The summed E-state index contributed by atoms with van der Waals surface area (Å²) in [5.41, 5.74) is -0.270. The van der Waals surface area contributed by atoms with Gasteiger partial charge in [-0.05, 0) is 18.4 Å². The van der Waals surface area contributed by atoms with E-state index in [1.165, 1.54) is 23.9 Å². The molecule has 2 rings (SSSR count). The monoisotopic (exact) mass is 327 g/mol. The second kappa shape index (κ2) is 5.75. The predicted octanol–water partition coefficient (Wildman–Crippen LogP) is 3.04. The molecule has 0 aliphatic rings. The van der Waals surface area contributed by atoms with Crippen LogP contribution in [0.4, 0.5) is 0 Å². The topological polar surface area (TPSA) is 89.8 Å². The van der Waals surface area contributed by atoms with Crippen LogP contribution in [0.3, 0.4) is 0 Å². The van der Waals surface area contributed by atoms with E-state index in [9.17, 15) is 9.90 Å². The molecular formula is C12H7Cl2N3O2S. The highest BCUT2D eigenvalue weighted by atomic mass is 35.5. The van der Waals surface area contributed by atoms with E-state index in [1.807, 2.05) is 0 Å². The fourth-order valence-corrected chi connectivity index (χ4v) is 2.36. The van der Waals surface area contributed by atoms with E-state index in [1.54, 1.807) is 12.3 Å². The van der Waals surface area contributed by atoms with Gasteiger partial charge in [0.05, 0.1) is 10.7 Å². The standard InChI is InChI=1S/C12H7Cl2N3O2S/c1-20-12-16-10(6(4-15)11(19)17-12)5-2-3-7(18)9(14)8(5)13/h2-3,18H,1H3,(H,16,17,19). The van der Waals surface area contributed by atoms with Gasteiger partial charge in [0.2, 0.25) is 0 Å². The number of rotatable bonds is 2. The first-order valence-electron chi connectivity index (χ1n) is 5.25. The third kappa shape index (κ3) is 2.48. The van der Waals surface area contributed by atoms with Crippen molar-refractivity contribution in [2.75, 3.05) is 6.26 Å². The highest BCUT2D eigenvalue weighted by molar-refractivity contribution is 7.98. The summed E-state index contributed by atoms with van der Waals surface area (Å²) in [6.45, 7) is 0. The van der Waals surface area contributed by atoms with Crippen molar-refractivity contribution in [1.29, 1.82) is 5.26 Å². The molecule has 20 heavy (non-hydrogen) atoms. The van der Waals surface area contributed by atoms with Gasteiger partial charge in [0.25, 0.3) is 5.56 Å². The molecule has 0 unspecified atom stereocenters. The van der Waals surface area contributed by atoms with Crippen molar-refractivity contribution in [3.8, 4) is 23.1 Å². The molecule has 0 fully saturated rings. The zero-order chi connectivity index (χ0) is 14.9. The molecule has 0 bridgehead atoms. The molecule has 5 nitrogen and oxygen atoms in total. The summed E-state index contributed by atoms with van der Waals surface area (Å²) in [6.07, 6.45) is 1.74. The smallest absolute Gasteiger partial charge is 0.270 e. The fraction of sp³-hybridized carbons (Fsp3) is 0.0833. The Kier molecular flexibility index (Phi) is 4.23. The number of thioether (sulfide) groups is 1. The molecule has 0 spiro atoms. The molecule has 0 saturated carbocycles. The van der Waals surface area contributed by atoms with E-state index in [0.29, 0.717) is 10.7 Å². The molecule has 8 heteroatoms. The number of aromatic hydroxyl groups is 1. The van der Waals surface area contributed by atoms with E-state index in [-0.39, 0.29) is 27.1 Å². The third-order valence-corrected chi connectivity index (χ3v) is 3.97. The minimum absolute atomic E-state index is 0.0355. The second-order valence-electron chi connectivity index (χ2n) is 3.67. The molecule has 102 valence electrons. The van der Waals surface area contributed by atoms with Crippen molar-refractivity contribution in [1.82, 2.24) is 9.97 Å². The van der Waals surface area contributed by atoms with Crippen LogP contribution < -0.4 is 5.56 Å². The lowest BCUT2D eigenvalue weighted by Crippen LogP contribution is -2.14. The summed E-state index contributed by atoms with van der Waals surface area (Å²) >= 11 is 13.1. The van der Waals surface area contributed by atoms with E-state index < -0.39 is 5.56 Å². The normalized spacial score (nSPS) is 10.3. The molecule has 0 aliphatic carbocycles. The fourth-order valence-electron chi connectivity index (χ4n) is 1.57. The summed E-state index contributed by atoms with van der Waals surface area (Å²) in [5, 5.41) is 18.9. The minimum Gasteiger partial charge on any atom is -0.506 e. The van der Waals surface area contributed by atoms with Crippen LogP contribution in [0.5, 0.6) is 5.75 Å². The lowest BCUT2D eigenvalue weighted by Gasteiger charge is -2.09. The number of phenols is 1. The largest absolute Gasteiger partial charge is 0.506 e.